The molecule has 2 heterocycles. The molecule has 2 fully saturated rings. The SMILES string of the molecule is CCCCC/C=C\C/C=C\CCCCCCCCCCCCOCC(COC1OC(COC2OC(CO)C(O)C(O)C2O)C(O)C(O)C1O)OC(=O)CCCCCCCCCCCCCCC. The van der Waals surface area contributed by atoms with Gasteiger partial charge in [0.15, 0.2) is 12.6 Å². The van der Waals surface area contributed by atoms with E-state index in [9.17, 15) is 40.5 Å². The van der Waals surface area contributed by atoms with Gasteiger partial charge in [0, 0.05) is 13.0 Å². The molecular formula is C53H98O14. The first-order chi connectivity index (χ1) is 32.6. The zero-order chi connectivity index (χ0) is 48.7. The molecule has 0 spiro atoms. The van der Waals surface area contributed by atoms with E-state index in [0.717, 1.165) is 44.9 Å². The van der Waals surface area contributed by atoms with Gasteiger partial charge >= 0.3 is 5.97 Å². The van der Waals surface area contributed by atoms with E-state index in [1.54, 1.807) is 0 Å². The van der Waals surface area contributed by atoms with Crippen molar-refractivity contribution in [2.45, 2.75) is 274 Å². The van der Waals surface area contributed by atoms with E-state index in [0.29, 0.717) is 13.0 Å². The Bertz CT molecular complexity index is 1200. The van der Waals surface area contributed by atoms with Crippen LogP contribution < -0.4 is 0 Å². The summed E-state index contributed by atoms with van der Waals surface area (Å²) >= 11 is 0. The van der Waals surface area contributed by atoms with Crippen LogP contribution in [0.15, 0.2) is 24.3 Å². The average molecular weight is 959 g/mol. The molecular weight excluding hydrogens is 861 g/mol. The highest BCUT2D eigenvalue weighted by atomic mass is 16.7. The number of hydrogen-bond acceptors (Lipinski definition) is 14. The van der Waals surface area contributed by atoms with Crippen molar-refractivity contribution in [1.82, 2.24) is 0 Å². The standard InChI is InChI=1S/C53H98O14/c1-3-5-7-9-11-13-15-17-18-19-20-21-22-23-25-27-29-31-33-35-37-62-39-42(65-45(55)36-34-32-30-28-26-24-16-14-12-10-8-6-4-2)40-63-52-51(61)49(59)47(57)44(67-52)41-64-53-50(60)48(58)46(56)43(38-54)66-53/h11,13,17-18,42-44,46-54,56-61H,3-10,12,14-16,19-41H2,1-2H3/b13-11-,18-17-. The first kappa shape index (κ1) is 61.6. The van der Waals surface area contributed by atoms with Gasteiger partial charge in [0.25, 0.3) is 0 Å². The molecule has 0 aromatic carbocycles. The van der Waals surface area contributed by atoms with Crippen molar-refractivity contribution in [2.75, 3.05) is 33.0 Å². The van der Waals surface area contributed by atoms with E-state index in [2.05, 4.69) is 38.2 Å². The van der Waals surface area contributed by atoms with Gasteiger partial charge in [0.1, 0.15) is 54.9 Å². The van der Waals surface area contributed by atoms with Gasteiger partial charge in [0.05, 0.1) is 26.4 Å². The molecule has 11 unspecified atom stereocenters. The maximum atomic E-state index is 13.0. The summed E-state index contributed by atoms with van der Waals surface area (Å²) in [6, 6.07) is 0. The number of ether oxygens (including phenoxy) is 6. The molecule has 0 amide bonds. The normalized spacial score (nSPS) is 26.2. The molecule has 11 atom stereocenters. The van der Waals surface area contributed by atoms with Crippen LogP contribution in [-0.2, 0) is 33.2 Å². The van der Waals surface area contributed by atoms with E-state index in [1.807, 2.05) is 0 Å². The molecule has 14 nitrogen and oxygen atoms in total. The van der Waals surface area contributed by atoms with Gasteiger partial charge in [-0.3, -0.25) is 4.79 Å². The van der Waals surface area contributed by atoms with E-state index in [-0.39, 0.29) is 25.6 Å². The van der Waals surface area contributed by atoms with E-state index < -0.39 is 80.7 Å². The van der Waals surface area contributed by atoms with Crippen LogP contribution in [0.1, 0.15) is 206 Å². The van der Waals surface area contributed by atoms with Crippen molar-refractivity contribution in [2.24, 2.45) is 0 Å². The molecule has 2 saturated heterocycles. The van der Waals surface area contributed by atoms with Crippen LogP contribution in [-0.4, -0.2) is 142 Å². The number of unbranched alkanes of at least 4 members (excludes halogenated alkanes) is 25. The molecule has 0 saturated carbocycles. The van der Waals surface area contributed by atoms with Crippen LogP contribution in [0.5, 0.6) is 0 Å². The third-order valence-electron chi connectivity index (χ3n) is 13.0. The Balaban J connectivity index is 1.73. The number of carbonyl (C=O) groups excluding carboxylic acids is 1. The Morgan fingerprint density at radius 3 is 1.46 bits per heavy atom. The second-order valence-electron chi connectivity index (χ2n) is 19.1. The molecule has 0 bridgehead atoms. The Kier molecular flexibility index (Phi) is 37.8. The van der Waals surface area contributed by atoms with Gasteiger partial charge < -0.3 is 64.2 Å². The summed E-state index contributed by atoms with van der Waals surface area (Å²) in [4.78, 5) is 13.0. The van der Waals surface area contributed by atoms with Crippen molar-refractivity contribution in [3.8, 4) is 0 Å². The molecule has 0 radical (unpaired) electrons. The van der Waals surface area contributed by atoms with Gasteiger partial charge in [-0.25, -0.2) is 0 Å². The first-order valence-electron chi connectivity index (χ1n) is 26.9. The summed E-state index contributed by atoms with van der Waals surface area (Å²) in [5.41, 5.74) is 0. The zero-order valence-electron chi connectivity index (χ0n) is 41.9. The highest BCUT2D eigenvalue weighted by molar-refractivity contribution is 5.69. The highest BCUT2D eigenvalue weighted by Gasteiger charge is 2.47. The topological polar surface area (TPSA) is 214 Å². The van der Waals surface area contributed by atoms with Gasteiger partial charge in [-0.2, -0.15) is 0 Å². The third kappa shape index (κ3) is 28.8. The van der Waals surface area contributed by atoms with Crippen molar-refractivity contribution in [3.05, 3.63) is 24.3 Å². The number of allylic oxidation sites excluding steroid dienone is 4. The second kappa shape index (κ2) is 41.1. The summed E-state index contributed by atoms with van der Waals surface area (Å²) in [6.07, 6.45) is 28.1. The largest absolute Gasteiger partial charge is 0.457 e. The predicted octanol–water partition coefficient (Wildman–Crippen LogP) is 8.41. The molecule has 14 heteroatoms. The van der Waals surface area contributed by atoms with Crippen LogP contribution in [0.25, 0.3) is 0 Å². The Hall–Kier alpha value is -1.53. The maximum absolute atomic E-state index is 13.0. The number of aliphatic hydroxyl groups excluding tert-OH is 7. The fourth-order valence-corrected chi connectivity index (χ4v) is 8.55. The van der Waals surface area contributed by atoms with Crippen LogP contribution in [0.3, 0.4) is 0 Å². The quantitative estimate of drug-likeness (QED) is 0.0174. The van der Waals surface area contributed by atoms with Crippen molar-refractivity contribution >= 4 is 5.97 Å². The molecule has 0 aromatic heterocycles. The fraction of sp³-hybridized carbons (Fsp3) is 0.906. The second-order valence-corrected chi connectivity index (χ2v) is 19.1. The molecule has 7 N–H and O–H groups in total. The molecule has 2 aliphatic rings. The lowest BCUT2D eigenvalue weighted by molar-refractivity contribution is -0.332. The highest BCUT2D eigenvalue weighted by Crippen LogP contribution is 2.26. The predicted molar refractivity (Wildman–Crippen MR) is 261 cm³/mol. The van der Waals surface area contributed by atoms with E-state index >= 15 is 0 Å². The van der Waals surface area contributed by atoms with Crippen molar-refractivity contribution in [1.29, 1.82) is 0 Å². The van der Waals surface area contributed by atoms with Crippen LogP contribution in [0.2, 0.25) is 0 Å². The number of carbonyl (C=O) groups is 1. The van der Waals surface area contributed by atoms with Crippen LogP contribution in [0, 0.1) is 0 Å². The third-order valence-corrected chi connectivity index (χ3v) is 13.0. The van der Waals surface area contributed by atoms with E-state index in [1.165, 1.54) is 135 Å². The Labute approximate surface area is 405 Å². The average Bonchev–Trinajstić information content (AvgIpc) is 3.32. The monoisotopic (exact) mass is 959 g/mol. The minimum Gasteiger partial charge on any atom is -0.457 e. The fourth-order valence-electron chi connectivity index (χ4n) is 8.55. The molecule has 2 aliphatic heterocycles. The van der Waals surface area contributed by atoms with E-state index in [4.69, 9.17) is 28.4 Å². The Morgan fingerprint density at radius 2 is 0.925 bits per heavy atom. The summed E-state index contributed by atoms with van der Waals surface area (Å²) in [5, 5.41) is 72.2. The van der Waals surface area contributed by atoms with Crippen molar-refractivity contribution < 1.29 is 69.0 Å². The Morgan fingerprint density at radius 1 is 0.493 bits per heavy atom. The van der Waals surface area contributed by atoms with Gasteiger partial charge in [-0.15, -0.1) is 0 Å². The number of aliphatic hydroxyl groups is 7. The molecule has 2 rings (SSSR count). The number of hydrogen-bond donors (Lipinski definition) is 7. The molecule has 67 heavy (non-hydrogen) atoms. The number of esters is 1. The minimum atomic E-state index is -1.70. The molecule has 0 aliphatic carbocycles. The smallest absolute Gasteiger partial charge is 0.306 e. The molecule has 0 aromatic rings. The lowest BCUT2D eigenvalue weighted by Crippen LogP contribution is -2.61. The van der Waals surface area contributed by atoms with Crippen LogP contribution >= 0.6 is 0 Å². The lowest BCUT2D eigenvalue weighted by atomic mass is 9.98. The van der Waals surface area contributed by atoms with Crippen molar-refractivity contribution in [3.63, 3.8) is 0 Å². The summed E-state index contributed by atoms with van der Waals surface area (Å²) in [5.74, 6) is -0.375. The van der Waals surface area contributed by atoms with Gasteiger partial charge in [0.2, 0.25) is 0 Å². The maximum Gasteiger partial charge on any atom is 0.306 e. The summed E-state index contributed by atoms with van der Waals surface area (Å²) in [6.45, 7) is 3.68. The molecule has 394 valence electrons. The summed E-state index contributed by atoms with van der Waals surface area (Å²) < 4.78 is 34.3. The van der Waals surface area contributed by atoms with Gasteiger partial charge in [-0.05, 0) is 44.9 Å². The van der Waals surface area contributed by atoms with Gasteiger partial charge in [-0.1, -0.05) is 179 Å². The summed E-state index contributed by atoms with van der Waals surface area (Å²) in [7, 11) is 0. The number of rotatable bonds is 43. The first-order valence-corrected chi connectivity index (χ1v) is 26.9. The van der Waals surface area contributed by atoms with Crippen LogP contribution in [0.4, 0.5) is 0 Å². The minimum absolute atomic E-state index is 0.0634. The lowest BCUT2D eigenvalue weighted by Gasteiger charge is -2.42. The zero-order valence-corrected chi connectivity index (χ0v) is 41.9.